The van der Waals surface area contributed by atoms with Crippen molar-refractivity contribution in [3.05, 3.63) is 71.7 Å². The number of hydrogen-bond donors (Lipinski definition) is 3. The lowest BCUT2D eigenvalue weighted by Crippen LogP contribution is -2.38. The van der Waals surface area contributed by atoms with Crippen LogP contribution in [0, 0.1) is 13.8 Å². The van der Waals surface area contributed by atoms with E-state index >= 15 is 0 Å². The van der Waals surface area contributed by atoms with E-state index in [9.17, 15) is 4.79 Å². The molecular weight excluding hydrogens is 518 g/mol. The third-order valence-electron chi connectivity index (χ3n) is 5.70. The molecule has 2 aromatic carbocycles. The van der Waals surface area contributed by atoms with Crippen LogP contribution < -0.4 is 15.4 Å². The Balaban J connectivity index is 1.28. The lowest BCUT2D eigenvalue weighted by atomic mass is 10.1. The van der Waals surface area contributed by atoms with Gasteiger partial charge in [-0.1, -0.05) is 23.9 Å². The van der Waals surface area contributed by atoms with Crippen LogP contribution in [-0.2, 0) is 11.2 Å². The standard InChI is InChI=1S/C27H27N7O2S2/c1-16-12-17(2)31-26(30-16)34-25(28-11-10-18-14-29-22-13-19(36-3)8-9-20(18)22)33-24(35)15-37-27-32-21-6-4-5-7-23(21)38-27/h4-9,12-14,29H,10-11,15H2,1-3H3,(H2,28,30,31,33,34,35). The van der Waals surface area contributed by atoms with Crippen molar-refractivity contribution in [1.29, 1.82) is 0 Å². The molecule has 194 valence electrons. The highest BCUT2D eigenvalue weighted by Gasteiger charge is 2.12. The van der Waals surface area contributed by atoms with Gasteiger partial charge in [-0.25, -0.2) is 15.0 Å². The third kappa shape index (κ3) is 6.29. The number of para-hydroxylation sites is 1. The zero-order chi connectivity index (χ0) is 26.5. The van der Waals surface area contributed by atoms with Gasteiger partial charge in [-0.3, -0.25) is 20.4 Å². The van der Waals surface area contributed by atoms with Crippen LogP contribution in [0.1, 0.15) is 17.0 Å². The van der Waals surface area contributed by atoms with Crippen LogP contribution in [0.4, 0.5) is 5.95 Å². The van der Waals surface area contributed by atoms with Gasteiger partial charge in [0.25, 0.3) is 0 Å². The van der Waals surface area contributed by atoms with Crippen LogP contribution in [0.3, 0.4) is 0 Å². The second-order valence-corrected chi connectivity index (χ2v) is 10.8. The van der Waals surface area contributed by atoms with Crippen LogP contribution in [0.2, 0.25) is 0 Å². The fourth-order valence-corrected chi connectivity index (χ4v) is 5.86. The molecule has 0 radical (unpaired) electrons. The molecule has 1 amide bonds. The Morgan fingerprint density at radius 3 is 2.71 bits per heavy atom. The molecule has 0 atom stereocenters. The lowest BCUT2D eigenvalue weighted by molar-refractivity contribution is -0.117. The second-order valence-electron chi connectivity index (χ2n) is 8.59. The molecule has 5 aromatic rings. The van der Waals surface area contributed by atoms with E-state index in [1.807, 2.05) is 68.6 Å². The summed E-state index contributed by atoms with van der Waals surface area (Å²) in [5.41, 5.74) is 4.72. The number of aliphatic imine (C=N–C) groups is 1. The Morgan fingerprint density at radius 2 is 1.92 bits per heavy atom. The second kappa shape index (κ2) is 11.6. The smallest absolute Gasteiger partial charge is 0.237 e. The number of thiazole rings is 1. The number of nitrogens with one attached hydrogen (secondary N) is 3. The number of carbonyl (C=O) groups is 1. The Bertz CT molecular complexity index is 1570. The summed E-state index contributed by atoms with van der Waals surface area (Å²) in [4.78, 5) is 34.2. The highest BCUT2D eigenvalue weighted by atomic mass is 32.2. The molecule has 0 aliphatic carbocycles. The molecule has 0 saturated carbocycles. The van der Waals surface area contributed by atoms with E-state index in [0.29, 0.717) is 24.9 Å². The van der Waals surface area contributed by atoms with E-state index in [4.69, 9.17) is 4.74 Å². The average Bonchev–Trinajstić information content (AvgIpc) is 3.50. The molecule has 0 fully saturated rings. The molecule has 0 spiro atoms. The predicted molar refractivity (Wildman–Crippen MR) is 154 cm³/mol. The number of rotatable bonds is 8. The van der Waals surface area contributed by atoms with Crippen molar-refractivity contribution in [2.24, 2.45) is 4.99 Å². The fourth-order valence-electron chi connectivity index (χ4n) is 3.99. The molecule has 3 N–H and O–H groups in total. The summed E-state index contributed by atoms with van der Waals surface area (Å²) < 4.78 is 7.26. The SMILES string of the molecule is COc1ccc2c(CCN=C(NC(=O)CSc3nc4ccccc4s3)Nc3nc(C)cc(C)n3)c[nH]c2c1. The highest BCUT2D eigenvalue weighted by molar-refractivity contribution is 8.01. The van der Waals surface area contributed by atoms with Crippen molar-refractivity contribution < 1.29 is 9.53 Å². The number of ether oxygens (including phenoxy) is 1. The van der Waals surface area contributed by atoms with Crippen molar-refractivity contribution in [3.8, 4) is 5.75 Å². The Kier molecular flexibility index (Phi) is 7.85. The summed E-state index contributed by atoms with van der Waals surface area (Å²) >= 11 is 2.98. The Morgan fingerprint density at radius 1 is 1.11 bits per heavy atom. The highest BCUT2D eigenvalue weighted by Crippen LogP contribution is 2.29. The Hall–Kier alpha value is -3.96. The zero-order valence-electron chi connectivity index (χ0n) is 21.2. The largest absolute Gasteiger partial charge is 0.497 e. The van der Waals surface area contributed by atoms with Gasteiger partial charge in [0.2, 0.25) is 17.8 Å². The lowest BCUT2D eigenvalue weighted by Gasteiger charge is -2.11. The summed E-state index contributed by atoms with van der Waals surface area (Å²) in [6, 6.07) is 15.8. The maximum Gasteiger partial charge on any atom is 0.237 e. The normalized spacial score (nSPS) is 11.7. The molecule has 38 heavy (non-hydrogen) atoms. The van der Waals surface area contributed by atoms with Crippen molar-refractivity contribution in [2.75, 3.05) is 24.7 Å². The van der Waals surface area contributed by atoms with E-state index in [2.05, 4.69) is 35.6 Å². The van der Waals surface area contributed by atoms with Gasteiger partial charge in [-0.2, -0.15) is 0 Å². The van der Waals surface area contributed by atoms with Crippen LogP contribution in [0.15, 0.2) is 64.1 Å². The van der Waals surface area contributed by atoms with Crippen LogP contribution in [0.5, 0.6) is 5.75 Å². The number of carbonyl (C=O) groups excluding carboxylic acids is 1. The van der Waals surface area contributed by atoms with Crippen molar-refractivity contribution in [3.63, 3.8) is 0 Å². The van der Waals surface area contributed by atoms with E-state index in [0.717, 1.165) is 48.2 Å². The summed E-state index contributed by atoms with van der Waals surface area (Å²) in [5.74, 6) is 1.52. The van der Waals surface area contributed by atoms with Gasteiger partial charge in [0, 0.05) is 41.1 Å². The van der Waals surface area contributed by atoms with Crippen molar-refractivity contribution in [2.45, 2.75) is 24.6 Å². The number of anilines is 1. The summed E-state index contributed by atoms with van der Waals surface area (Å²) in [6.07, 6.45) is 2.66. The molecule has 0 bridgehead atoms. The topological polar surface area (TPSA) is 117 Å². The summed E-state index contributed by atoms with van der Waals surface area (Å²) in [5, 5.41) is 7.10. The van der Waals surface area contributed by atoms with Crippen LogP contribution in [0.25, 0.3) is 21.1 Å². The maximum absolute atomic E-state index is 12.9. The number of fused-ring (bicyclic) bond motifs is 2. The number of nitrogens with zero attached hydrogens (tertiary/aromatic N) is 4. The number of thioether (sulfide) groups is 1. The van der Waals surface area contributed by atoms with Gasteiger partial charge < -0.3 is 9.72 Å². The van der Waals surface area contributed by atoms with Crippen molar-refractivity contribution in [1.82, 2.24) is 25.3 Å². The molecule has 0 saturated heterocycles. The number of hydrogen-bond acceptors (Lipinski definition) is 8. The summed E-state index contributed by atoms with van der Waals surface area (Å²) in [7, 11) is 1.65. The first-order valence-corrected chi connectivity index (χ1v) is 13.8. The zero-order valence-corrected chi connectivity index (χ0v) is 22.9. The van der Waals surface area contributed by atoms with Crippen LogP contribution in [-0.4, -0.2) is 51.2 Å². The average molecular weight is 546 g/mol. The predicted octanol–water partition coefficient (Wildman–Crippen LogP) is 5.11. The molecule has 0 aliphatic rings. The molecule has 9 nitrogen and oxygen atoms in total. The molecule has 3 aromatic heterocycles. The quantitative estimate of drug-likeness (QED) is 0.141. The molecular formula is C27H27N7O2S2. The number of aromatic amines is 1. The maximum atomic E-state index is 12.9. The first-order valence-electron chi connectivity index (χ1n) is 12.0. The van der Waals surface area contributed by atoms with Gasteiger partial charge in [0.05, 0.1) is 23.1 Å². The number of guanidine groups is 1. The summed E-state index contributed by atoms with van der Waals surface area (Å²) in [6.45, 7) is 4.25. The number of methoxy groups -OCH3 is 1. The molecule has 11 heteroatoms. The monoisotopic (exact) mass is 545 g/mol. The van der Waals surface area contributed by atoms with Crippen LogP contribution >= 0.6 is 23.1 Å². The minimum atomic E-state index is -0.191. The fraction of sp³-hybridized carbons (Fsp3) is 0.222. The van der Waals surface area contributed by atoms with Gasteiger partial charge in [-0.05, 0) is 56.2 Å². The van der Waals surface area contributed by atoms with Crippen molar-refractivity contribution >= 4 is 62.0 Å². The number of benzene rings is 2. The number of aryl methyl sites for hydroxylation is 2. The number of aromatic nitrogens is 4. The molecule has 0 unspecified atom stereocenters. The minimum absolute atomic E-state index is 0.191. The number of H-pyrrole nitrogens is 1. The number of amides is 1. The molecule has 3 heterocycles. The van der Waals surface area contributed by atoms with E-state index in [1.54, 1.807) is 18.4 Å². The van der Waals surface area contributed by atoms with E-state index < -0.39 is 0 Å². The minimum Gasteiger partial charge on any atom is -0.497 e. The van der Waals surface area contributed by atoms with Gasteiger partial charge in [-0.15, -0.1) is 11.3 Å². The Labute approximate surface area is 228 Å². The van der Waals surface area contributed by atoms with E-state index in [-0.39, 0.29) is 11.7 Å². The van der Waals surface area contributed by atoms with Gasteiger partial charge in [0.15, 0.2) is 4.34 Å². The van der Waals surface area contributed by atoms with Gasteiger partial charge in [0.1, 0.15) is 5.75 Å². The first-order chi connectivity index (χ1) is 18.5. The third-order valence-corrected chi connectivity index (χ3v) is 7.88. The molecule has 5 rings (SSSR count). The van der Waals surface area contributed by atoms with E-state index in [1.165, 1.54) is 11.8 Å². The molecule has 0 aliphatic heterocycles. The first kappa shape index (κ1) is 25.7. The van der Waals surface area contributed by atoms with Gasteiger partial charge >= 0.3 is 0 Å².